The lowest BCUT2D eigenvalue weighted by molar-refractivity contribution is 0.0696. The molecule has 1 aliphatic rings. The van der Waals surface area contributed by atoms with E-state index in [1.807, 2.05) is 0 Å². The fourth-order valence-corrected chi connectivity index (χ4v) is 4.00. The number of aromatic nitrogens is 1. The molecule has 1 aliphatic heterocycles. The number of hydrogen-bond acceptors (Lipinski definition) is 5. The highest BCUT2D eigenvalue weighted by molar-refractivity contribution is 6.21. The molecule has 31 heavy (non-hydrogen) atoms. The second-order valence-corrected chi connectivity index (χ2v) is 8.06. The minimum Gasteiger partial charge on any atom is -0.494 e. The zero-order valence-electron chi connectivity index (χ0n) is 17.6. The topological polar surface area (TPSA) is 106 Å². The van der Waals surface area contributed by atoms with Crippen LogP contribution in [0.5, 0.6) is 5.88 Å². The predicted molar refractivity (Wildman–Crippen MR) is 120 cm³/mol. The Kier molecular flexibility index (Phi) is 5.61. The lowest BCUT2D eigenvalue weighted by Gasteiger charge is -2.27. The number of carbonyl (C=O) groups is 2. The number of aromatic amines is 1. The highest BCUT2D eigenvalue weighted by atomic mass is 16.4. The van der Waals surface area contributed by atoms with Crippen LogP contribution in [0.3, 0.4) is 0 Å². The molecule has 0 saturated carbocycles. The summed E-state index contributed by atoms with van der Waals surface area (Å²) in [6.07, 6.45) is 1.80. The molecular weight excluding hydrogens is 394 g/mol. The molecular formula is C24H25N3O4. The normalized spacial score (nSPS) is 16.0. The van der Waals surface area contributed by atoms with Crippen LogP contribution in [0.25, 0.3) is 10.9 Å². The van der Waals surface area contributed by atoms with Gasteiger partial charge in [0.2, 0.25) is 0 Å². The quantitative estimate of drug-likeness (QED) is 0.432. The van der Waals surface area contributed by atoms with Crippen LogP contribution in [-0.4, -0.2) is 63.7 Å². The molecule has 2 aromatic carbocycles. The summed E-state index contributed by atoms with van der Waals surface area (Å²) in [5.74, 6) is -1.08. The average Bonchev–Trinajstić information content (AvgIpc) is 3.08. The summed E-state index contributed by atoms with van der Waals surface area (Å²) >= 11 is 0. The van der Waals surface area contributed by atoms with Gasteiger partial charge in [0.05, 0.1) is 22.9 Å². The molecule has 0 unspecified atom stereocenters. The number of carboxylic acid groups (broad SMARTS) is 1. The molecule has 7 nitrogen and oxygen atoms in total. The number of nitrogens with zero attached hydrogens (tertiary/aromatic N) is 2. The van der Waals surface area contributed by atoms with Gasteiger partial charge in [-0.3, -0.25) is 9.79 Å². The minimum atomic E-state index is -0.999. The molecule has 160 valence electrons. The maximum absolute atomic E-state index is 11.9. The van der Waals surface area contributed by atoms with Gasteiger partial charge in [-0.15, -0.1) is 0 Å². The summed E-state index contributed by atoms with van der Waals surface area (Å²) in [5, 5.41) is 20.7. The minimum absolute atomic E-state index is 0.0234. The number of hydrogen-bond donors (Lipinski definition) is 3. The summed E-state index contributed by atoms with van der Waals surface area (Å²) in [5.41, 5.74) is 3.28. The Morgan fingerprint density at radius 1 is 1.03 bits per heavy atom. The van der Waals surface area contributed by atoms with Crippen LogP contribution in [0.1, 0.15) is 51.6 Å². The van der Waals surface area contributed by atoms with Gasteiger partial charge in [-0.25, -0.2) is 4.79 Å². The number of carboxylic acids is 1. The molecule has 1 fully saturated rings. The van der Waals surface area contributed by atoms with E-state index in [4.69, 9.17) is 4.99 Å². The molecule has 2 heterocycles. The lowest BCUT2D eigenvalue weighted by Crippen LogP contribution is -2.32. The molecule has 0 aliphatic carbocycles. The number of aromatic hydroxyl groups is 1. The molecule has 0 amide bonds. The van der Waals surface area contributed by atoms with Crippen molar-refractivity contribution >= 4 is 28.4 Å². The van der Waals surface area contributed by atoms with Gasteiger partial charge >= 0.3 is 5.97 Å². The Balaban J connectivity index is 1.88. The summed E-state index contributed by atoms with van der Waals surface area (Å²) in [6, 6.07) is 11.8. The van der Waals surface area contributed by atoms with Crippen LogP contribution < -0.4 is 0 Å². The molecule has 1 aromatic heterocycles. The van der Waals surface area contributed by atoms with Crippen molar-refractivity contribution in [3.05, 3.63) is 64.7 Å². The van der Waals surface area contributed by atoms with Gasteiger partial charge in [-0.2, -0.15) is 0 Å². The number of aromatic carboxylic acids is 1. The van der Waals surface area contributed by atoms with Crippen molar-refractivity contribution in [1.82, 2.24) is 9.88 Å². The zero-order valence-corrected chi connectivity index (χ0v) is 17.6. The highest BCUT2D eigenvalue weighted by Gasteiger charge is 2.23. The maximum atomic E-state index is 11.9. The Morgan fingerprint density at radius 2 is 1.65 bits per heavy atom. The van der Waals surface area contributed by atoms with Crippen molar-refractivity contribution in [2.45, 2.75) is 25.8 Å². The number of benzene rings is 2. The number of rotatable bonds is 5. The Morgan fingerprint density at radius 3 is 2.26 bits per heavy atom. The summed E-state index contributed by atoms with van der Waals surface area (Å²) in [4.78, 5) is 33.5. The molecule has 7 heteroatoms. The van der Waals surface area contributed by atoms with Gasteiger partial charge in [0, 0.05) is 22.0 Å². The van der Waals surface area contributed by atoms with E-state index in [9.17, 15) is 19.8 Å². The number of piperidine rings is 1. The van der Waals surface area contributed by atoms with Crippen molar-refractivity contribution in [2.75, 3.05) is 20.1 Å². The van der Waals surface area contributed by atoms with Crippen molar-refractivity contribution in [3.8, 4) is 5.88 Å². The van der Waals surface area contributed by atoms with E-state index in [0.29, 0.717) is 33.3 Å². The van der Waals surface area contributed by atoms with Gasteiger partial charge in [-0.1, -0.05) is 12.1 Å². The van der Waals surface area contributed by atoms with Crippen LogP contribution in [0.15, 0.2) is 47.5 Å². The van der Waals surface area contributed by atoms with Crippen LogP contribution in [0.4, 0.5) is 0 Å². The molecule has 0 atom stereocenters. The van der Waals surface area contributed by atoms with E-state index in [0.717, 1.165) is 25.9 Å². The Bertz CT molecular complexity index is 1170. The van der Waals surface area contributed by atoms with Crippen molar-refractivity contribution < 1.29 is 19.8 Å². The molecule has 3 N–H and O–H groups in total. The molecule has 3 aromatic rings. The largest absolute Gasteiger partial charge is 0.494 e. The maximum Gasteiger partial charge on any atom is 0.335 e. The third kappa shape index (κ3) is 4.22. The highest BCUT2D eigenvalue weighted by Crippen LogP contribution is 2.32. The smallest absolute Gasteiger partial charge is 0.335 e. The lowest BCUT2D eigenvalue weighted by atomic mass is 9.97. The van der Waals surface area contributed by atoms with Crippen molar-refractivity contribution in [1.29, 1.82) is 0 Å². The van der Waals surface area contributed by atoms with E-state index in [1.54, 1.807) is 30.3 Å². The van der Waals surface area contributed by atoms with E-state index in [2.05, 4.69) is 16.9 Å². The van der Waals surface area contributed by atoms with Crippen molar-refractivity contribution in [3.63, 3.8) is 0 Å². The number of H-pyrrole nitrogens is 1. The van der Waals surface area contributed by atoms with Gasteiger partial charge in [-0.05, 0) is 70.2 Å². The third-order valence-electron chi connectivity index (χ3n) is 5.83. The van der Waals surface area contributed by atoms with Crippen molar-refractivity contribution in [2.24, 2.45) is 4.99 Å². The number of likely N-dealkylation sites (tertiary alicyclic amines) is 1. The van der Waals surface area contributed by atoms with E-state index in [-0.39, 0.29) is 23.3 Å². The number of ketones is 1. The third-order valence-corrected chi connectivity index (χ3v) is 5.83. The number of aliphatic imine (C=N–C) groups is 1. The summed E-state index contributed by atoms with van der Waals surface area (Å²) in [6.45, 7) is 3.38. The number of carbonyl (C=O) groups excluding carboxylic acids is 1. The monoisotopic (exact) mass is 419 g/mol. The van der Waals surface area contributed by atoms with E-state index in [1.165, 1.54) is 19.1 Å². The second kappa shape index (κ2) is 8.35. The average molecular weight is 419 g/mol. The molecule has 0 spiro atoms. The first-order chi connectivity index (χ1) is 14.8. The Hall–Kier alpha value is -3.45. The fraction of sp³-hybridized carbons (Fsp3) is 0.292. The van der Waals surface area contributed by atoms with E-state index < -0.39 is 5.97 Å². The molecule has 0 bridgehead atoms. The number of fused-ring (bicyclic) bond motifs is 1. The molecule has 0 radical (unpaired) electrons. The fourth-order valence-electron chi connectivity index (χ4n) is 4.00. The zero-order chi connectivity index (χ0) is 22.1. The Labute approximate surface area is 180 Å². The second-order valence-electron chi connectivity index (χ2n) is 8.06. The van der Waals surface area contributed by atoms with Crippen LogP contribution in [-0.2, 0) is 0 Å². The molecule has 4 rings (SSSR count). The van der Waals surface area contributed by atoms with Gasteiger partial charge < -0.3 is 20.1 Å². The SMILES string of the molecule is CC(=O)c1ccc2[nH]c(O)c(C(=NC3CCN(C)CC3)c3ccc(C(=O)O)cc3)c2c1. The standard InChI is InChI=1S/C24H25N3O4/c1-14(28)17-7-8-20-19(13-17)21(23(29)26-20)22(25-18-9-11-27(2)12-10-18)15-3-5-16(6-4-15)24(30)31/h3-8,13,18,26,29H,9-12H2,1-2H3,(H,30,31). The number of Topliss-reactive ketones (excluding diaryl/α,β-unsaturated/α-hetero) is 1. The first kappa shape index (κ1) is 20.8. The van der Waals surface area contributed by atoms with Crippen LogP contribution in [0.2, 0.25) is 0 Å². The van der Waals surface area contributed by atoms with Crippen LogP contribution >= 0.6 is 0 Å². The predicted octanol–water partition coefficient (Wildman–Crippen LogP) is 3.71. The first-order valence-electron chi connectivity index (χ1n) is 10.3. The molecule has 1 saturated heterocycles. The summed E-state index contributed by atoms with van der Waals surface area (Å²) < 4.78 is 0. The van der Waals surface area contributed by atoms with Gasteiger partial charge in [0.25, 0.3) is 0 Å². The number of nitrogens with one attached hydrogen (secondary N) is 1. The van der Waals surface area contributed by atoms with E-state index >= 15 is 0 Å². The first-order valence-corrected chi connectivity index (χ1v) is 10.3. The van der Waals surface area contributed by atoms with Crippen LogP contribution in [0, 0.1) is 0 Å². The van der Waals surface area contributed by atoms with Gasteiger partial charge in [0.1, 0.15) is 0 Å². The summed E-state index contributed by atoms with van der Waals surface area (Å²) in [7, 11) is 2.08. The van der Waals surface area contributed by atoms with Gasteiger partial charge in [0.15, 0.2) is 11.7 Å².